The van der Waals surface area contributed by atoms with Gasteiger partial charge in [-0.05, 0) is 56.0 Å². The Balaban J connectivity index is 1.49. The lowest BCUT2D eigenvalue weighted by Gasteiger charge is -2.37. The Bertz CT molecular complexity index is 697. The van der Waals surface area contributed by atoms with E-state index in [-0.39, 0.29) is 29.2 Å². The second-order valence-corrected chi connectivity index (χ2v) is 9.24. The first kappa shape index (κ1) is 21.8. The number of rotatable bonds is 4. The number of carbonyl (C=O) groups is 2. The predicted molar refractivity (Wildman–Crippen MR) is 115 cm³/mol. The summed E-state index contributed by atoms with van der Waals surface area (Å²) in [7, 11) is 0. The molecule has 0 radical (unpaired) electrons. The van der Waals surface area contributed by atoms with Gasteiger partial charge in [0.25, 0.3) is 0 Å². The molecule has 1 aromatic rings. The number of carbonyl (C=O) groups excluding carboxylic acids is 2. The molecule has 1 atom stereocenters. The molecular weight excluding hydrogens is 366 g/mol. The molecule has 2 fully saturated rings. The van der Waals surface area contributed by atoms with Gasteiger partial charge in [-0.25, -0.2) is 0 Å². The summed E-state index contributed by atoms with van der Waals surface area (Å²) in [5.41, 5.74) is 2.17. The number of benzene rings is 1. The maximum atomic E-state index is 12.7. The van der Waals surface area contributed by atoms with E-state index in [2.05, 4.69) is 43.1 Å². The second kappa shape index (κ2) is 9.26. The van der Waals surface area contributed by atoms with Crippen LogP contribution in [0.4, 0.5) is 5.69 Å². The highest BCUT2D eigenvalue weighted by Crippen LogP contribution is 2.25. The minimum atomic E-state index is -0.211. The van der Waals surface area contributed by atoms with Crippen LogP contribution in [0.3, 0.4) is 0 Å². The minimum Gasteiger partial charge on any atom is -0.378 e. The van der Waals surface area contributed by atoms with Crippen LogP contribution in [0, 0.1) is 5.92 Å². The molecule has 6 nitrogen and oxygen atoms in total. The smallest absolute Gasteiger partial charge is 0.241 e. The molecule has 0 unspecified atom stereocenters. The minimum absolute atomic E-state index is 0.00599. The molecule has 2 aliphatic rings. The van der Waals surface area contributed by atoms with E-state index in [0.717, 1.165) is 31.6 Å². The van der Waals surface area contributed by atoms with Crippen LogP contribution in [0.5, 0.6) is 0 Å². The number of piperidine rings is 1. The van der Waals surface area contributed by atoms with E-state index < -0.39 is 0 Å². The summed E-state index contributed by atoms with van der Waals surface area (Å²) in [6.07, 6.45) is 1.63. The van der Waals surface area contributed by atoms with Crippen LogP contribution in [0.2, 0.25) is 0 Å². The monoisotopic (exact) mass is 401 g/mol. The van der Waals surface area contributed by atoms with E-state index in [1.165, 1.54) is 5.56 Å². The van der Waals surface area contributed by atoms with Crippen molar-refractivity contribution < 1.29 is 14.3 Å². The Kier molecular flexibility index (Phi) is 6.96. The molecule has 3 rings (SSSR count). The third kappa shape index (κ3) is 5.58. The number of hydrogen-bond donors (Lipinski definition) is 1. The first-order valence-electron chi connectivity index (χ1n) is 10.8. The third-order valence-corrected chi connectivity index (χ3v) is 6.15. The summed E-state index contributed by atoms with van der Waals surface area (Å²) in [6.45, 7) is 12.7. The van der Waals surface area contributed by atoms with Gasteiger partial charge in [0.15, 0.2) is 0 Å². The SMILES string of the molecule is C[C@H](C(=O)Nc1ccc(C(C)(C)C)cc1)N1CCC(C(=O)N2CCOCC2)CC1. The lowest BCUT2D eigenvalue weighted by molar-refractivity contribution is -0.141. The number of hydrogen-bond acceptors (Lipinski definition) is 4. The molecule has 2 amide bonds. The highest BCUT2D eigenvalue weighted by molar-refractivity contribution is 5.94. The number of likely N-dealkylation sites (tertiary alicyclic amines) is 1. The number of nitrogens with zero attached hydrogens (tertiary/aromatic N) is 2. The van der Waals surface area contributed by atoms with Crippen molar-refractivity contribution in [2.75, 3.05) is 44.7 Å². The van der Waals surface area contributed by atoms with Crippen molar-refractivity contribution >= 4 is 17.5 Å². The number of ether oxygens (including phenoxy) is 1. The quantitative estimate of drug-likeness (QED) is 0.843. The van der Waals surface area contributed by atoms with Gasteiger partial charge in [-0.15, -0.1) is 0 Å². The van der Waals surface area contributed by atoms with Crippen LogP contribution in [-0.4, -0.2) is 67.0 Å². The molecule has 6 heteroatoms. The number of amides is 2. The van der Waals surface area contributed by atoms with Gasteiger partial charge in [0.1, 0.15) is 0 Å². The van der Waals surface area contributed by atoms with Crippen LogP contribution in [-0.2, 0) is 19.7 Å². The Hall–Kier alpha value is -1.92. The molecule has 1 aromatic carbocycles. The standard InChI is InChI=1S/C23H35N3O3/c1-17(21(27)24-20-7-5-19(6-8-20)23(2,3)4)25-11-9-18(10-12-25)22(28)26-13-15-29-16-14-26/h5-8,17-18H,9-16H2,1-4H3,(H,24,27)/t17-/m1/s1. The Morgan fingerprint density at radius 3 is 2.17 bits per heavy atom. The van der Waals surface area contributed by atoms with Gasteiger partial charge in [-0.3, -0.25) is 14.5 Å². The Labute approximate surface area is 174 Å². The van der Waals surface area contributed by atoms with Crippen LogP contribution < -0.4 is 5.32 Å². The molecule has 2 aliphatic heterocycles. The van der Waals surface area contributed by atoms with E-state index >= 15 is 0 Å². The molecule has 160 valence electrons. The molecular formula is C23H35N3O3. The van der Waals surface area contributed by atoms with Crippen molar-refractivity contribution in [2.45, 2.75) is 52.0 Å². The highest BCUT2D eigenvalue weighted by atomic mass is 16.5. The summed E-state index contributed by atoms with van der Waals surface area (Å²) in [5, 5.41) is 3.03. The molecule has 0 saturated carbocycles. The lowest BCUT2D eigenvalue weighted by atomic mass is 9.87. The van der Waals surface area contributed by atoms with Gasteiger partial charge in [0, 0.05) is 24.7 Å². The highest BCUT2D eigenvalue weighted by Gasteiger charge is 2.32. The van der Waals surface area contributed by atoms with Crippen LogP contribution >= 0.6 is 0 Å². The first-order valence-corrected chi connectivity index (χ1v) is 10.8. The fraction of sp³-hybridized carbons (Fsp3) is 0.652. The average molecular weight is 402 g/mol. The summed E-state index contributed by atoms with van der Waals surface area (Å²) in [5.74, 6) is 0.333. The fourth-order valence-corrected chi connectivity index (χ4v) is 4.04. The molecule has 0 bridgehead atoms. The molecule has 0 spiro atoms. The van der Waals surface area contributed by atoms with Crippen molar-refractivity contribution in [2.24, 2.45) is 5.92 Å². The molecule has 0 aromatic heterocycles. The van der Waals surface area contributed by atoms with E-state index in [1.807, 2.05) is 24.0 Å². The predicted octanol–water partition coefficient (Wildman–Crippen LogP) is 2.88. The first-order chi connectivity index (χ1) is 13.8. The largest absolute Gasteiger partial charge is 0.378 e. The third-order valence-electron chi connectivity index (χ3n) is 6.15. The second-order valence-electron chi connectivity index (χ2n) is 9.24. The summed E-state index contributed by atoms with van der Waals surface area (Å²) in [4.78, 5) is 29.5. The molecule has 2 heterocycles. The van der Waals surface area contributed by atoms with Crippen molar-refractivity contribution in [3.63, 3.8) is 0 Å². The zero-order valence-electron chi connectivity index (χ0n) is 18.2. The Morgan fingerprint density at radius 2 is 1.62 bits per heavy atom. The average Bonchev–Trinajstić information content (AvgIpc) is 2.73. The maximum Gasteiger partial charge on any atom is 0.241 e. The zero-order valence-corrected chi connectivity index (χ0v) is 18.2. The van der Waals surface area contributed by atoms with Crippen molar-refractivity contribution in [1.29, 1.82) is 0 Å². The normalized spacial score (nSPS) is 20.3. The molecule has 0 aliphatic carbocycles. The van der Waals surface area contributed by atoms with Crippen molar-refractivity contribution in [3.8, 4) is 0 Å². The van der Waals surface area contributed by atoms with E-state index in [9.17, 15) is 9.59 Å². The summed E-state index contributed by atoms with van der Waals surface area (Å²) in [6, 6.07) is 7.87. The van der Waals surface area contributed by atoms with Crippen LogP contribution in [0.15, 0.2) is 24.3 Å². The van der Waals surface area contributed by atoms with Gasteiger partial charge in [-0.1, -0.05) is 32.9 Å². The van der Waals surface area contributed by atoms with Crippen LogP contribution in [0.25, 0.3) is 0 Å². The number of morpholine rings is 1. The van der Waals surface area contributed by atoms with Gasteiger partial charge in [0.05, 0.1) is 19.3 Å². The van der Waals surface area contributed by atoms with E-state index in [4.69, 9.17) is 4.74 Å². The maximum absolute atomic E-state index is 12.7. The molecule has 2 saturated heterocycles. The topological polar surface area (TPSA) is 61.9 Å². The zero-order chi connectivity index (χ0) is 21.0. The summed E-state index contributed by atoms with van der Waals surface area (Å²) < 4.78 is 5.34. The lowest BCUT2D eigenvalue weighted by Crippen LogP contribution is -2.50. The van der Waals surface area contributed by atoms with E-state index in [1.54, 1.807) is 0 Å². The van der Waals surface area contributed by atoms with Gasteiger partial charge >= 0.3 is 0 Å². The van der Waals surface area contributed by atoms with Crippen LogP contribution in [0.1, 0.15) is 46.1 Å². The van der Waals surface area contributed by atoms with Crippen molar-refractivity contribution in [3.05, 3.63) is 29.8 Å². The number of anilines is 1. The van der Waals surface area contributed by atoms with Gasteiger partial charge in [0.2, 0.25) is 11.8 Å². The summed E-state index contributed by atoms with van der Waals surface area (Å²) >= 11 is 0. The molecule has 1 N–H and O–H groups in total. The number of nitrogens with one attached hydrogen (secondary N) is 1. The Morgan fingerprint density at radius 1 is 1.03 bits per heavy atom. The van der Waals surface area contributed by atoms with Crippen molar-refractivity contribution in [1.82, 2.24) is 9.80 Å². The van der Waals surface area contributed by atoms with Gasteiger partial charge < -0.3 is 15.0 Å². The molecule has 29 heavy (non-hydrogen) atoms. The van der Waals surface area contributed by atoms with Gasteiger partial charge in [-0.2, -0.15) is 0 Å². The fourth-order valence-electron chi connectivity index (χ4n) is 4.04. The van der Waals surface area contributed by atoms with E-state index in [0.29, 0.717) is 26.3 Å².